The van der Waals surface area contributed by atoms with Gasteiger partial charge in [-0.15, -0.1) is 0 Å². The average molecular weight is 249 g/mol. The summed E-state index contributed by atoms with van der Waals surface area (Å²) < 4.78 is 13.5. The largest absolute Gasteiger partial charge is 0.395 e. The maximum atomic E-state index is 13.5. The molecule has 1 aliphatic rings. The summed E-state index contributed by atoms with van der Waals surface area (Å²) in [6.45, 7) is 4.21. The molecular formula is C13H16FN3O. The van der Waals surface area contributed by atoms with Crippen molar-refractivity contribution in [1.29, 1.82) is 5.26 Å². The van der Waals surface area contributed by atoms with Crippen molar-refractivity contribution in [3.63, 3.8) is 0 Å². The Kier molecular flexibility index (Phi) is 4.13. The van der Waals surface area contributed by atoms with Crippen molar-refractivity contribution in [1.82, 2.24) is 4.90 Å². The standard InChI is InChI=1S/C13H16FN3O/c14-13-9-12(2-1-11(13)10-15)17-5-3-16(4-6-17)7-8-18/h1-2,9,18H,3-8H2. The zero-order chi connectivity index (χ0) is 13.0. The molecule has 5 heteroatoms. The van der Waals surface area contributed by atoms with Crippen molar-refractivity contribution in [2.45, 2.75) is 0 Å². The van der Waals surface area contributed by atoms with Gasteiger partial charge in [-0.1, -0.05) is 0 Å². The molecule has 1 aromatic rings. The molecule has 1 saturated heterocycles. The lowest BCUT2D eigenvalue weighted by Gasteiger charge is -2.35. The van der Waals surface area contributed by atoms with Crippen LogP contribution in [0.25, 0.3) is 0 Å². The lowest BCUT2D eigenvalue weighted by molar-refractivity contribution is 0.189. The normalized spacial score (nSPS) is 16.6. The SMILES string of the molecule is N#Cc1ccc(N2CCN(CCO)CC2)cc1F. The number of anilines is 1. The molecule has 1 aromatic carbocycles. The van der Waals surface area contributed by atoms with Gasteiger partial charge < -0.3 is 10.0 Å². The second kappa shape index (κ2) is 5.80. The molecule has 1 fully saturated rings. The van der Waals surface area contributed by atoms with Gasteiger partial charge in [0.15, 0.2) is 0 Å². The predicted octanol–water partition coefficient (Wildman–Crippen LogP) is 0.812. The van der Waals surface area contributed by atoms with E-state index in [4.69, 9.17) is 10.4 Å². The summed E-state index contributed by atoms with van der Waals surface area (Å²) in [6.07, 6.45) is 0. The van der Waals surface area contributed by atoms with Gasteiger partial charge >= 0.3 is 0 Å². The average Bonchev–Trinajstić information content (AvgIpc) is 2.40. The van der Waals surface area contributed by atoms with Crippen LogP contribution in [0.1, 0.15) is 5.56 Å². The minimum Gasteiger partial charge on any atom is -0.395 e. The molecule has 0 spiro atoms. The Morgan fingerprint density at radius 1 is 1.28 bits per heavy atom. The molecule has 0 amide bonds. The molecule has 0 aliphatic carbocycles. The monoisotopic (exact) mass is 249 g/mol. The van der Waals surface area contributed by atoms with Crippen LogP contribution >= 0.6 is 0 Å². The van der Waals surface area contributed by atoms with Crippen LogP contribution in [0.15, 0.2) is 18.2 Å². The molecule has 1 heterocycles. The maximum Gasteiger partial charge on any atom is 0.143 e. The number of hydrogen-bond donors (Lipinski definition) is 1. The van der Waals surface area contributed by atoms with Gasteiger partial charge in [-0.05, 0) is 18.2 Å². The van der Waals surface area contributed by atoms with Crippen LogP contribution in [-0.4, -0.2) is 49.3 Å². The van der Waals surface area contributed by atoms with Gasteiger partial charge in [0.2, 0.25) is 0 Å². The summed E-state index contributed by atoms with van der Waals surface area (Å²) in [4.78, 5) is 4.27. The van der Waals surface area contributed by atoms with Crippen LogP contribution in [0.5, 0.6) is 0 Å². The number of benzene rings is 1. The first-order chi connectivity index (χ1) is 8.74. The quantitative estimate of drug-likeness (QED) is 0.861. The first-order valence-electron chi connectivity index (χ1n) is 6.02. The topological polar surface area (TPSA) is 50.5 Å². The van der Waals surface area contributed by atoms with Crippen molar-refractivity contribution in [2.24, 2.45) is 0 Å². The van der Waals surface area contributed by atoms with Crippen molar-refractivity contribution < 1.29 is 9.50 Å². The molecule has 0 unspecified atom stereocenters. The van der Waals surface area contributed by atoms with E-state index in [2.05, 4.69) is 9.80 Å². The number of β-amino-alcohol motifs (C(OH)–C–C–N with tert-alkyl or cyclic N) is 1. The number of nitrogens with zero attached hydrogens (tertiary/aromatic N) is 3. The second-order valence-corrected chi connectivity index (χ2v) is 4.33. The fourth-order valence-electron chi connectivity index (χ4n) is 2.16. The van der Waals surface area contributed by atoms with Gasteiger partial charge in [0.05, 0.1) is 12.2 Å². The fraction of sp³-hybridized carbons (Fsp3) is 0.462. The number of aliphatic hydroxyl groups excluding tert-OH is 1. The third-order valence-corrected chi connectivity index (χ3v) is 3.23. The van der Waals surface area contributed by atoms with E-state index in [1.165, 1.54) is 12.1 Å². The van der Waals surface area contributed by atoms with Crippen LogP contribution in [0.4, 0.5) is 10.1 Å². The third kappa shape index (κ3) is 2.78. The molecular weight excluding hydrogens is 233 g/mol. The van der Waals surface area contributed by atoms with E-state index < -0.39 is 5.82 Å². The lowest BCUT2D eigenvalue weighted by Crippen LogP contribution is -2.47. The summed E-state index contributed by atoms with van der Waals surface area (Å²) in [6, 6.07) is 6.54. The highest BCUT2D eigenvalue weighted by atomic mass is 19.1. The number of hydrogen-bond acceptors (Lipinski definition) is 4. The van der Waals surface area contributed by atoms with Gasteiger partial charge in [-0.3, -0.25) is 4.90 Å². The molecule has 0 bridgehead atoms. The second-order valence-electron chi connectivity index (χ2n) is 4.33. The maximum absolute atomic E-state index is 13.5. The predicted molar refractivity (Wildman–Crippen MR) is 66.9 cm³/mol. The lowest BCUT2D eigenvalue weighted by atomic mass is 10.2. The third-order valence-electron chi connectivity index (χ3n) is 3.23. The zero-order valence-corrected chi connectivity index (χ0v) is 10.1. The van der Waals surface area contributed by atoms with Crippen molar-refractivity contribution in [3.8, 4) is 6.07 Å². The van der Waals surface area contributed by atoms with Crippen molar-refractivity contribution in [2.75, 3.05) is 44.2 Å². The number of aliphatic hydroxyl groups is 1. The van der Waals surface area contributed by atoms with E-state index in [-0.39, 0.29) is 12.2 Å². The molecule has 18 heavy (non-hydrogen) atoms. The highest BCUT2D eigenvalue weighted by Gasteiger charge is 2.17. The van der Waals surface area contributed by atoms with Gasteiger partial charge in [0, 0.05) is 38.4 Å². The highest BCUT2D eigenvalue weighted by Crippen LogP contribution is 2.19. The van der Waals surface area contributed by atoms with E-state index in [0.29, 0.717) is 6.54 Å². The highest BCUT2D eigenvalue weighted by molar-refractivity contribution is 5.50. The van der Waals surface area contributed by atoms with Crippen LogP contribution < -0.4 is 4.90 Å². The smallest absolute Gasteiger partial charge is 0.143 e. The summed E-state index contributed by atoms with van der Waals surface area (Å²) in [5.74, 6) is -0.465. The Labute approximate surface area is 106 Å². The van der Waals surface area contributed by atoms with Gasteiger partial charge in [-0.25, -0.2) is 4.39 Å². The van der Waals surface area contributed by atoms with E-state index in [1.807, 2.05) is 6.07 Å². The van der Waals surface area contributed by atoms with E-state index in [0.717, 1.165) is 31.9 Å². The van der Waals surface area contributed by atoms with Crippen molar-refractivity contribution >= 4 is 5.69 Å². The summed E-state index contributed by atoms with van der Waals surface area (Å²) >= 11 is 0. The number of piperazine rings is 1. The van der Waals surface area contributed by atoms with Gasteiger partial charge in [0.25, 0.3) is 0 Å². The molecule has 2 rings (SSSR count). The molecule has 0 atom stereocenters. The number of rotatable bonds is 3. The van der Waals surface area contributed by atoms with Gasteiger partial charge in [0.1, 0.15) is 11.9 Å². The van der Waals surface area contributed by atoms with E-state index >= 15 is 0 Å². The Morgan fingerprint density at radius 2 is 2.00 bits per heavy atom. The van der Waals surface area contributed by atoms with Crippen LogP contribution in [0.2, 0.25) is 0 Å². The summed E-state index contributed by atoms with van der Waals surface area (Å²) in [5, 5.41) is 17.5. The molecule has 0 radical (unpaired) electrons. The molecule has 0 aromatic heterocycles. The minimum absolute atomic E-state index is 0.0812. The van der Waals surface area contributed by atoms with Crippen LogP contribution in [0, 0.1) is 17.1 Å². The first-order valence-corrected chi connectivity index (χ1v) is 6.02. The van der Waals surface area contributed by atoms with Gasteiger partial charge in [-0.2, -0.15) is 5.26 Å². The van der Waals surface area contributed by atoms with Crippen LogP contribution in [-0.2, 0) is 0 Å². The Balaban J connectivity index is 2.02. The van der Waals surface area contributed by atoms with E-state index in [1.54, 1.807) is 6.07 Å². The Bertz CT molecular complexity index is 450. The fourth-order valence-corrected chi connectivity index (χ4v) is 2.16. The number of halogens is 1. The molecule has 96 valence electrons. The molecule has 0 saturated carbocycles. The molecule has 4 nitrogen and oxygen atoms in total. The summed E-state index contributed by atoms with van der Waals surface area (Å²) in [7, 11) is 0. The van der Waals surface area contributed by atoms with E-state index in [9.17, 15) is 4.39 Å². The van der Waals surface area contributed by atoms with Crippen molar-refractivity contribution in [3.05, 3.63) is 29.6 Å². The minimum atomic E-state index is -0.465. The number of nitriles is 1. The Hall–Kier alpha value is -1.64. The summed E-state index contributed by atoms with van der Waals surface area (Å²) in [5.41, 5.74) is 0.896. The Morgan fingerprint density at radius 3 is 2.56 bits per heavy atom. The first kappa shape index (κ1) is 12.8. The molecule has 1 N–H and O–H groups in total. The molecule has 1 aliphatic heterocycles. The zero-order valence-electron chi connectivity index (χ0n) is 10.1. The van der Waals surface area contributed by atoms with Crippen LogP contribution in [0.3, 0.4) is 0 Å².